The second kappa shape index (κ2) is 8.76. The Kier molecular flexibility index (Phi) is 7.27. The number of unbranched alkanes of at least 4 members (excludes halogenated alkanes) is 3. The highest BCUT2D eigenvalue weighted by Gasteiger charge is 2.08. The monoisotopic (exact) mass is 261 g/mol. The van der Waals surface area contributed by atoms with Gasteiger partial charge in [0.15, 0.2) is 0 Å². The summed E-state index contributed by atoms with van der Waals surface area (Å²) in [5.41, 5.74) is 8.31. The van der Waals surface area contributed by atoms with Gasteiger partial charge in [-0.05, 0) is 57.1 Å². The summed E-state index contributed by atoms with van der Waals surface area (Å²) in [4.78, 5) is 0. The van der Waals surface area contributed by atoms with Crippen LogP contribution in [0.15, 0.2) is 30.9 Å². The summed E-state index contributed by atoms with van der Waals surface area (Å²) >= 11 is 0. The molecule has 2 N–H and O–H groups in total. The van der Waals surface area contributed by atoms with Crippen molar-refractivity contribution in [3.05, 3.63) is 42.0 Å². The molecule has 0 aliphatic heterocycles. The molecule has 2 nitrogen and oxygen atoms in total. The fraction of sp³-hybridized carbons (Fsp3) is 0.529. The average Bonchev–Trinajstić information content (AvgIpc) is 2.35. The molecular weight excluding hydrogens is 234 g/mol. The third kappa shape index (κ3) is 5.93. The van der Waals surface area contributed by atoms with Crippen LogP contribution < -0.4 is 10.5 Å². The number of nitrogens with two attached hydrogens (primary N) is 1. The zero-order chi connectivity index (χ0) is 14.1. The van der Waals surface area contributed by atoms with Crippen LogP contribution in [0.2, 0.25) is 0 Å². The number of allylic oxidation sites excluding steroid dienone is 1. The Morgan fingerprint density at radius 2 is 2.11 bits per heavy atom. The van der Waals surface area contributed by atoms with Crippen LogP contribution in [0.25, 0.3) is 0 Å². The summed E-state index contributed by atoms with van der Waals surface area (Å²) in [5, 5.41) is 0. The number of hydrogen-bond acceptors (Lipinski definition) is 2. The van der Waals surface area contributed by atoms with Crippen LogP contribution in [0, 0.1) is 6.92 Å². The van der Waals surface area contributed by atoms with E-state index in [0.717, 1.165) is 31.6 Å². The summed E-state index contributed by atoms with van der Waals surface area (Å²) in [7, 11) is 0. The first-order valence-corrected chi connectivity index (χ1v) is 7.23. The lowest BCUT2D eigenvalue weighted by Gasteiger charge is -2.15. The molecule has 0 saturated carbocycles. The standard InChI is InChI=1S/C17H27NO/c1-4-5-6-7-8-12-19-17-14(2)10-9-11-16(17)13-15(3)18/h4,9-11,15H,1,5-8,12-13,18H2,2-3H3. The topological polar surface area (TPSA) is 35.2 Å². The molecule has 0 saturated heterocycles. The fourth-order valence-corrected chi connectivity index (χ4v) is 2.17. The van der Waals surface area contributed by atoms with E-state index in [1.54, 1.807) is 0 Å². The van der Waals surface area contributed by atoms with Gasteiger partial charge in [0.1, 0.15) is 5.75 Å². The van der Waals surface area contributed by atoms with Gasteiger partial charge in [0, 0.05) is 6.04 Å². The number of ether oxygens (including phenoxy) is 1. The van der Waals surface area contributed by atoms with Gasteiger partial charge in [-0.3, -0.25) is 0 Å². The maximum Gasteiger partial charge on any atom is 0.125 e. The zero-order valence-electron chi connectivity index (χ0n) is 12.3. The predicted molar refractivity (Wildman–Crippen MR) is 82.7 cm³/mol. The molecule has 106 valence electrons. The number of benzene rings is 1. The second-order valence-corrected chi connectivity index (χ2v) is 5.23. The van der Waals surface area contributed by atoms with Crippen molar-refractivity contribution < 1.29 is 4.74 Å². The van der Waals surface area contributed by atoms with Gasteiger partial charge >= 0.3 is 0 Å². The summed E-state index contributed by atoms with van der Waals surface area (Å²) in [6.45, 7) is 8.64. The Hall–Kier alpha value is -1.28. The fourth-order valence-electron chi connectivity index (χ4n) is 2.17. The minimum atomic E-state index is 0.164. The van der Waals surface area contributed by atoms with Crippen LogP contribution in [0.5, 0.6) is 5.75 Å². The van der Waals surface area contributed by atoms with Gasteiger partial charge in [-0.2, -0.15) is 0 Å². The van der Waals surface area contributed by atoms with Gasteiger partial charge in [0.2, 0.25) is 0 Å². The Balaban J connectivity index is 2.49. The van der Waals surface area contributed by atoms with Gasteiger partial charge < -0.3 is 10.5 Å². The van der Waals surface area contributed by atoms with E-state index in [1.165, 1.54) is 24.0 Å². The molecule has 1 unspecified atom stereocenters. The first kappa shape index (κ1) is 15.8. The average molecular weight is 261 g/mol. The van der Waals surface area contributed by atoms with E-state index in [4.69, 9.17) is 10.5 Å². The first-order valence-electron chi connectivity index (χ1n) is 7.23. The highest BCUT2D eigenvalue weighted by atomic mass is 16.5. The summed E-state index contributed by atoms with van der Waals surface area (Å²) in [6, 6.07) is 6.45. The van der Waals surface area contributed by atoms with Gasteiger partial charge in [-0.15, -0.1) is 6.58 Å². The maximum atomic E-state index is 5.97. The van der Waals surface area contributed by atoms with Crippen molar-refractivity contribution >= 4 is 0 Å². The van der Waals surface area contributed by atoms with E-state index in [0.29, 0.717) is 0 Å². The molecule has 1 atom stereocenters. The van der Waals surface area contributed by atoms with Gasteiger partial charge in [-0.25, -0.2) is 0 Å². The minimum absolute atomic E-state index is 0.164. The van der Waals surface area contributed by atoms with Crippen molar-refractivity contribution in [2.24, 2.45) is 5.73 Å². The predicted octanol–water partition coefficient (Wildman–Crippen LogP) is 4.01. The number of hydrogen-bond donors (Lipinski definition) is 1. The number of para-hydroxylation sites is 1. The van der Waals surface area contributed by atoms with E-state index in [1.807, 2.05) is 13.0 Å². The molecule has 0 amide bonds. The van der Waals surface area contributed by atoms with Crippen molar-refractivity contribution in [1.82, 2.24) is 0 Å². The van der Waals surface area contributed by atoms with E-state index < -0.39 is 0 Å². The Bertz CT molecular complexity index is 385. The molecule has 2 heteroatoms. The highest BCUT2D eigenvalue weighted by Crippen LogP contribution is 2.24. The smallest absolute Gasteiger partial charge is 0.125 e. The lowest BCUT2D eigenvalue weighted by molar-refractivity contribution is 0.300. The van der Waals surface area contributed by atoms with Gasteiger partial charge in [-0.1, -0.05) is 24.3 Å². The molecule has 0 fully saturated rings. The first-order chi connectivity index (χ1) is 9.15. The third-order valence-corrected chi connectivity index (χ3v) is 3.13. The minimum Gasteiger partial charge on any atom is -0.493 e. The van der Waals surface area contributed by atoms with Crippen molar-refractivity contribution in [2.75, 3.05) is 6.61 Å². The van der Waals surface area contributed by atoms with Gasteiger partial charge in [0.05, 0.1) is 6.61 Å². The molecule has 0 radical (unpaired) electrons. The zero-order valence-corrected chi connectivity index (χ0v) is 12.3. The number of rotatable bonds is 9. The van der Waals surface area contributed by atoms with Crippen molar-refractivity contribution in [3.8, 4) is 5.75 Å². The Morgan fingerprint density at radius 1 is 1.32 bits per heavy atom. The highest BCUT2D eigenvalue weighted by molar-refractivity contribution is 5.41. The molecule has 0 aliphatic rings. The van der Waals surface area contributed by atoms with E-state index in [-0.39, 0.29) is 6.04 Å². The lowest BCUT2D eigenvalue weighted by atomic mass is 10.0. The summed E-state index contributed by atoms with van der Waals surface area (Å²) in [6.07, 6.45) is 7.43. The molecule has 19 heavy (non-hydrogen) atoms. The van der Waals surface area contributed by atoms with Crippen LogP contribution in [0.1, 0.15) is 43.7 Å². The van der Waals surface area contributed by atoms with Crippen LogP contribution in [-0.4, -0.2) is 12.6 Å². The summed E-state index contributed by atoms with van der Waals surface area (Å²) in [5.74, 6) is 1.03. The van der Waals surface area contributed by atoms with Crippen LogP contribution in [0.4, 0.5) is 0 Å². The molecule has 0 spiro atoms. The van der Waals surface area contributed by atoms with Crippen molar-refractivity contribution in [3.63, 3.8) is 0 Å². The molecule has 0 heterocycles. The molecule has 1 aromatic carbocycles. The van der Waals surface area contributed by atoms with E-state index in [2.05, 4.69) is 31.7 Å². The molecule has 0 aliphatic carbocycles. The Morgan fingerprint density at radius 3 is 2.79 bits per heavy atom. The number of aryl methyl sites for hydroxylation is 1. The normalized spacial score (nSPS) is 12.2. The molecule has 1 rings (SSSR count). The molecule has 1 aromatic rings. The molecular formula is C17H27NO. The van der Waals surface area contributed by atoms with Gasteiger partial charge in [0.25, 0.3) is 0 Å². The quantitative estimate of drug-likeness (QED) is 0.538. The summed E-state index contributed by atoms with van der Waals surface area (Å²) < 4.78 is 5.97. The van der Waals surface area contributed by atoms with Crippen molar-refractivity contribution in [1.29, 1.82) is 0 Å². The second-order valence-electron chi connectivity index (χ2n) is 5.23. The van der Waals surface area contributed by atoms with Crippen LogP contribution in [-0.2, 0) is 6.42 Å². The van der Waals surface area contributed by atoms with E-state index >= 15 is 0 Å². The van der Waals surface area contributed by atoms with Crippen molar-refractivity contribution in [2.45, 2.75) is 52.0 Å². The largest absolute Gasteiger partial charge is 0.493 e. The van der Waals surface area contributed by atoms with Crippen LogP contribution in [0.3, 0.4) is 0 Å². The third-order valence-electron chi connectivity index (χ3n) is 3.13. The lowest BCUT2D eigenvalue weighted by Crippen LogP contribution is -2.18. The van der Waals surface area contributed by atoms with E-state index in [9.17, 15) is 0 Å². The maximum absolute atomic E-state index is 5.97. The van der Waals surface area contributed by atoms with Crippen LogP contribution >= 0.6 is 0 Å². The molecule has 0 bridgehead atoms. The SMILES string of the molecule is C=CCCCCCOc1c(C)cccc1CC(C)N. The molecule has 0 aromatic heterocycles. The Labute approximate surface area is 117 Å².